The summed E-state index contributed by atoms with van der Waals surface area (Å²) in [6.45, 7) is 0. The third-order valence-corrected chi connectivity index (χ3v) is 5.83. The number of ether oxygens (including phenoxy) is 1. The molecular weight excluding hydrogens is 461 g/mol. The summed E-state index contributed by atoms with van der Waals surface area (Å²) < 4.78 is 21.8. The molecule has 2 N–H and O–H groups in total. The van der Waals surface area contributed by atoms with Gasteiger partial charge < -0.3 is 14.8 Å². The number of aromatic hydroxyl groups is 1. The summed E-state index contributed by atoms with van der Waals surface area (Å²) in [6, 6.07) is 19.1. The van der Waals surface area contributed by atoms with E-state index in [0.29, 0.717) is 22.6 Å². The fourth-order valence-corrected chi connectivity index (χ4v) is 4.26. The first-order valence-electron chi connectivity index (χ1n) is 10.2. The van der Waals surface area contributed by atoms with Crippen molar-refractivity contribution < 1.29 is 14.2 Å². The molecule has 170 valence electrons. The third-order valence-electron chi connectivity index (χ3n) is 5.55. The fraction of sp³-hybridized carbons (Fsp3) is 0.0400. The molecule has 0 spiro atoms. The number of halogens is 2. The number of benzene rings is 3. The molecule has 0 atom stereocenters. The molecule has 2 aromatic heterocycles. The molecule has 0 amide bonds. The van der Waals surface area contributed by atoms with Crippen LogP contribution in [-0.2, 0) is 0 Å². The maximum Gasteiger partial charge on any atom is 0.333 e. The molecule has 2 heterocycles. The van der Waals surface area contributed by atoms with Gasteiger partial charge in [0.15, 0.2) is 11.5 Å². The minimum atomic E-state index is -0.778. The number of nitrogens with zero attached hydrogens (tertiary/aromatic N) is 2. The average molecular weight is 478 g/mol. The minimum Gasteiger partial charge on any atom is -0.504 e. The molecule has 0 fully saturated rings. The summed E-state index contributed by atoms with van der Waals surface area (Å²) in [5.74, 6) is -0.354. The van der Waals surface area contributed by atoms with E-state index in [4.69, 9.17) is 16.3 Å². The van der Waals surface area contributed by atoms with Gasteiger partial charge in [0.05, 0.1) is 18.3 Å². The topological polar surface area (TPSA) is 89.2 Å². The number of hydrogen-bond donors (Lipinski definition) is 2. The highest BCUT2D eigenvalue weighted by molar-refractivity contribution is 6.31. The van der Waals surface area contributed by atoms with Crippen LogP contribution in [0.1, 0.15) is 0 Å². The van der Waals surface area contributed by atoms with Gasteiger partial charge in [-0.05, 0) is 42.0 Å². The van der Waals surface area contributed by atoms with E-state index in [1.165, 1.54) is 42.0 Å². The smallest absolute Gasteiger partial charge is 0.333 e. The lowest BCUT2D eigenvalue weighted by Gasteiger charge is -2.12. The first-order chi connectivity index (χ1) is 16.4. The van der Waals surface area contributed by atoms with Gasteiger partial charge in [-0.3, -0.25) is 9.36 Å². The number of phenolic OH excluding ortho intramolecular Hbond substituents is 1. The summed E-state index contributed by atoms with van der Waals surface area (Å²) in [7, 11) is 1.47. The number of fused-ring (bicyclic) bond motifs is 1. The zero-order valence-electron chi connectivity index (χ0n) is 17.8. The third kappa shape index (κ3) is 3.36. The van der Waals surface area contributed by atoms with Gasteiger partial charge in [-0.15, -0.1) is 0 Å². The number of rotatable bonds is 4. The van der Waals surface area contributed by atoms with Crippen molar-refractivity contribution in [3.63, 3.8) is 0 Å². The van der Waals surface area contributed by atoms with Crippen LogP contribution in [0.15, 0.2) is 82.4 Å². The van der Waals surface area contributed by atoms with Gasteiger partial charge in [-0.1, -0.05) is 48.0 Å². The van der Waals surface area contributed by atoms with Gasteiger partial charge in [0.2, 0.25) is 0 Å². The average Bonchev–Trinajstić information content (AvgIpc) is 3.16. The second kappa shape index (κ2) is 8.24. The molecule has 0 aliphatic carbocycles. The van der Waals surface area contributed by atoms with Crippen molar-refractivity contribution in [1.29, 1.82) is 0 Å². The lowest BCUT2D eigenvalue weighted by molar-refractivity contribution is 0.374. The summed E-state index contributed by atoms with van der Waals surface area (Å²) in [5, 5.41) is 10.6. The van der Waals surface area contributed by atoms with Crippen molar-refractivity contribution in [2.45, 2.75) is 0 Å². The van der Waals surface area contributed by atoms with Gasteiger partial charge >= 0.3 is 5.69 Å². The highest BCUT2D eigenvalue weighted by Gasteiger charge is 2.19. The molecule has 0 bridgehead atoms. The second-order valence-corrected chi connectivity index (χ2v) is 7.88. The van der Waals surface area contributed by atoms with E-state index in [1.54, 1.807) is 42.5 Å². The summed E-state index contributed by atoms with van der Waals surface area (Å²) >= 11 is 6.44. The van der Waals surface area contributed by atoms with E-state index in [0.717, 1.165) is 4.57 Å². The van der Waals surface area contributed by atoms with Crippen LogP contribution in [0.5, 0.6) is 11.5 Å². The first-order valence-corrected chi connectivity index (χ1v) is 10.6. The lowest BCUT2D eigenvalue weighted by atomic mass is 10.0. The van der Waals surface area contributed by atoms with Gasteiger partial charge in [0.1, 0.15) is 16.5 Å². The zero-order valence-corrected chi connectivity index (χ0v) is 18.5. The molecule has 34 heavy (non-hydrogen) atoms. The molecule has 0 saturated heterocycles. The Labute approximate surface area is 196 Å². The maximum absolute atomic E-state index is 14.4. The van der Waals surface area contributed by atoms with E-state index in [1.807, 2.05) is 0 Å². The van der Waals surface area contributed by atoms with Crippen LogP contribution in [0, 0.1) is 5.82 Å². The Morgan fingerprint density at radius 3 is 2.41 bits per heavy atom. The van der Waals surface area contributed by atoms with Crippen LogP contribution in [0.4, 0.5) is 4.39 Å². The lowest BCUT2D eigenvalue weighted by Crippen LogP contribution is -2.34. The highest BCUT2D eigenvalue weighted by atomic mass is 35.5. The number of H-pyrrole nitrogens is 1. The highest BCUT2D eigenvalue weighted by Crippen LogP contribution is 2.37. The van der Waals surface area contributed by atoms with Gasteiger partial charge in [-0.25, -0.2) is 13.8 Å². The zero-order chi connectivity index (χ0) is 24.0. The molecule has 0 unspecified atom stereocenters. The number of aromatic amines is 1. The number of nitrogens with one attached hydrogen (secondary N) is 1. The number of para-hydroxylation sites is 2. The van der Waals surface area contributed by atoms with Crippen LogP contribution in [-0.4, -0.2) is 26.3 Å². The minimum absolute atomic E-state index is 0.00699. The van der Waals surface area contributed by atoms with E-state index in [2.05, 4.69) is 4.98 Å². The molecule has 3 aromatic carbocycles. The Balaban J connectivity index is 1.69. The number of aromatic nitrogens is 3. The molecule has 0 radical (unpaired) electrons. The van der Waals surface area contributed by atoms with E-state index < -0.39 is 17.1 Å². The predicted octanol–water partition coefficient (Wildman–Crippen LogP) is 4.64. The van der Waals surface area contributed by atoms with Crippen LogP contribution in [0.25, 0.3) is 33.5 Å². The first kappa shape index (κ1) is 21.5. The Kier molecular flexibility index (Phi) is 5.22. The van der Waals surface area contributed by atoms with Crippen molar-refractivity contribution in [1.82, 2.24) is 14.1 Å². The number of phenols is 1. The van der Waals surface area contributed by atoms with Crippen molar-refractivity contribution in [2.75, 3.05) is 7.11 Å². The Morgan fingerprint density at radius 1 is 0.971 bits per heavy atom. The van der Waals surface area contributed by atoms with Crippen LogP contribution >= 0.6 is 11.6 Å². The van der Waals surface area contributed by atoms with Crippen LogP contribution < -0.4 is 16.0 Å². The quantitative estimate of drug-likeness (QED) is 0.394. The van der Waals surface area contributed by atoms with Gasteiger partial charge in [0, 0.05) is 11.3 Å². The Morgan fingerprint density at radius 2 is 1.71 bits per heavy atom. The normalized spacial score (nSPS) is 11.1. The van der Waals surface area contributed by atoms with Gasteiger partial charge in [0.25, 0.3) is 5.56 Å². The molecule has 5 aromatic rings. The summed E-state index contributed by atoms with van der Waals surface area (Å²) in [4.78, 5) is 28.6. The Hall–Kier alpha value is -4.30. The van der Waals surface area contributed by atoms with Crippen LogP contribution in [0.2, 0.25) is 5.15 Å². The molecular formula is C25H17ClFN3O4. The summed E-state index contributed by atoms with van der Waals surface area (Å²) in [5.41, 5.74) is 0.474. The predicted molar refractivity (Wildman–Crippen MR) is 128 cm³/mol. The monoisotopic (exact) mass is 477 g/mol. The van der Waals surface area contributed by atoms with Crippen molar-refractivity contribution in [3.8, 4) is 34.0 Å². The number of methoxy groups -OCH3 is 1. The SMILES string of the molecule is COc1cccc(-c2ccc(-n3c(Cl)cc4[nH]c(=O)n(-c5ccccc5F)c(=O)c43)cc2)c1O. The molecule has 5 rings (SSSR count). The molecule has 9 heteroatoms. The molecule has 0 saturated carbocycles. The fourth-order valence-electron chi connectivity index (χ4n) is 3.97. The molecule has 7 nitrogen and oxygen atoms in total. The maximum atomic E-state index is 14.4. The van der Waals surface area contributed by atoms with Crippen LogP contribution in [0.3, 0.4) is 0 Å². The second-order valence-electron chi connectivity index (χ2n) is 7.49. The molecule has 0 aliphatic rings. The Bertz CT molecular complexity index is 1670. The van der Waals surface area contributed by atoms with Crippen molar-refractivity contribution in [3.05, 3.63) is 105 Å². The van der Waals surface area contributed by atoms with E-state index in [9.17, 15) is 19.1 Å². The standard InChI is InChI=1S/C25H17ClFN3O4/c1-34-20-8-4-5-16(23(20)31)14-9-11-15(12-10-14)29-21(26)13-18-22(29)24(32)30(25(33)28-18)19-7-3-2-6-17(19)27/h2-13,31H,1H3,(H,28,33). The van der Waals surface area contributed by atoms with Crippen molar-refractivity contribution in [2.24, 2.45) is 0 Å². The van der Waals surface area contributed by atoms with Gasteiger partial charge in [-0.2, -0.15) is 0 Å². The molecule has 0 aliphatic heterocycles. The number of hydrogen-bond acceptors (Lipinski definition) is 4. The van der Waals surface area contributed by atoms with Crippen molar-refractivity contribution >= 4 is 22.6 Å². The van der Waals surface area contributed by atoms with E-state index >= 15 is 0 Å². The van der Waals surface area contributed by atoms with E-state index in [-0.39, 0.29) is 27.6 Å². The summed E-state index contributed by atoms with van der Waals surface area (Å²) in [6.07, 6.45) is 0. The largest absolute Gasteiger partial charge is 0.504 e.